The summed E-state index contributed by atoms with van der Waals surface area (Å²) in [6.07, 6.45) is 2.35. The number of carboxylic acid groups (broad SMARTS) is 1. The molecule has 0 aromatic heterocycles. The van der Waals surface area contributed by atoms with Gasteiger partial charge in [0.05, 0.1) is 5.56 Å². The predicted molar refractivity (Wildman–Crippen MR) is 105 cm³/mol. The molecule has 0 saturated carbocycles. The van der Waals surface area contributed by atoms with Crippen molar-refractivity contribution in [1.82, 2.24) is 4.90 Å². The third-order valence-corrected chi connectivity index (χ3v) is 5.51. The number of rotatable bonds is 2. The molecular weight excluding hydrogens is 360 g/mol. The number of likely N-dealkylation sites (tertiary alicyclic amines) is 1. The molecule has 0 radical (unpaired) electrons. The van der Waals surface area contributed by atoms with E-state index >= 15 is 0 Å². The Bertz CT molecular complexity index is 814. The van der Waals surface area contributed by atoms with Gasteiger partial charge in [0, 0.05) is 18.8 Å². The molecule has 152 valence electrons. The maximum absolute atomic E-state index is 13.5. The van der Waals surface area contributed by atoms with Crippen LogP contribution >= 0.6 is 0 Å². The quantitative estimate of drug-likeness (QED) is 0.837. The maximum atomic E-state index is 13.5. The lowest BCUT2D eigenvalue weighted by atomic mass is 9.85. The maximum Gasteiger partial charge on any atom is 0.411 e. The average molecular weight is 388 g/mol. The molecule has 1 N–H and O–H groups in total. The molecule has 2 fully saturated rings. The first-order chi connectivity index (χ1) is 13.0. The lowest BCUT2D eigenvalue weighted by Crippen LogP contribution is -2.59. The molecule has 1 aromatic rings. The molecule has 1 unspecified atom stereocenters. The number of carbonyl (C=O) groups excluding carboxylic acids is 2. The predicted octanol–water partition coefficient (Wildman–Crippen LogP) is 3.59. The Morgan fingerprint density at radius 1 is 1.14 bits per heavy atom. The summed E-state index contributed by atoms with van der Waals surface area (Å²) in [5.41, 5.74) is -0.164. The first-order valence-corrected chi connectivity index (χ1v) is 9.72. The number of amides is 2. The van der Waals surface area contributed by atoms with Gasteiger partial charge in [0.15, 0.2) is 0 Å². The SMILES string of the molecule is Cc1ccc(N2CCC3(CCCCN3C(=O)OC(C)(C)C)C2=O)cc1C(=O)O. The number of nitrogens with zero attached hydrogens (tertiary/aromatic N) is 2. The highest BCUT2D eigenvalue weighted by Crippen LogP contribution is 2.40. The van der Waals surface area contributed by atoms with Gasteiger partial charge >= 0.3 is 12.1 Å². The minimum atomic E-state index is -1.02. The number of carboxylic acids is 1. The van der Waals surface area contributed by atoms with E-state index in [9.17, 15) is 19.5 Å². The second-order valence-electron chi connectivity index (χ2n) is 8.63. The van der Waals surface area contributed by atoms with Crippen molar-refractivity contribution >= 4 is 23.7 Å². The van der Waals surface area contributed by atoms with E-state index < -0.39 is 23.2 Å². The Balaban J connectivity index is 1.91. The number of aromatic carboxylic acids is 1. The summed E-state index contributed by atoms with van der Waals surface area (Å²) in [6.45, 7) is 8.09. The standard InChI is InChI=1S/C21H28N2O5/c1-14-7-8-15(13-16(14)17(24)25)22-12-10-21(18(22)26)9-5-6-11-23(21)19(27)28-20(2,3)4/h7-8,13H,5-6,9-12H2,1-4H3,(H,24,25). The van der Waals surface area contributed by atoms with E-state index in [1.165, 1.54) is 6.07 Å². The van der Waals surface area contributed by atoms with Gasteiger partial charge in [-0.25, -0.2) is 9.59 Å². The van der Waals surface area contributed by atoms with E-state index in [1.807, 2.05) is 20.8 Å². The van der Waals surface area contributed by atoms with Crippen LogP contribution in [0.15, 0.2) is 18.2 Å². The summed E-state index contributed by atoms with van der Waals surface area (Å²) in [6, 6.07) is 5.01. The average Bonchev–Trinajstić information content (AvgIpc) is 2.91. The highest BCUT2D eigenvalue weighted by Gasteiger charge is 2.54. The van der Waals surface area contributed by atoms with E-state index in [4.69, 9.17) is 4.74 Å². The van der Waals surface area contributed by atoms with Crippen LogP contribution in [0, 0.1) is 6.92 Å². The summed E-state index contributed by atoms with van der Waals surface area (Å²) in [5.74, 6) is -1.17. The first-order valence-electron chi connectivity index (χ1n) is 9.72. The molecule has 3 rings (SSSR count). The Hall–Kier alpha value is -2.57. The molecule has 2 saturated heterocycles. The molecular formula is C21H28N2O5. The number of aryl methyl sites for hydroxylation is 1. The largest absolute Gasteiger partial charge is 0.478 e. The highest BCUT2D eigenvalue weighted by molar-refractivity contribution is 6.05. The van der Waals surface area contributed by atoms with Crippen LogP contribution in [-0.4, -0.2) is 52.2 Å². The lowest BCUT2D eigenvalue weighted by molar-refractivity contribution is -0.129. The summed E-state index contributed by atoms with van der Waals surface area (Å²) >= 11 is 0. The highest BCUT2D eigenvalue weighted by atomic mass is 16.6. The first kappa shape index (κ1) is 20.2. The molecule has 2 aliphatic rings. The van der Waals surface area contributed by atoms with Gasteiger partial charge in [0.1, 0.15) is 11.1 Å². The van der Waals surface area contributed by atoms with Crippen LogP contribution in [-0.2, 0) is 9.53 Å². The van der Waals surface area contributed by atoms with Gasteiger partial charge in [-0.3, -0.25) is 9.69 Å². The number of ether oxygens (including phenoxy) is 1. The van der Waals surface area contributed by atoms with Crippen LogP contribution < -0.4 is 4.90 Å². The fourth-order valence-electron chi connectivity index (χ4n) is 4.11. The zero-order valence-corrected chi connectivity index (χ0v) is 16.9. The van der Waals surface area contributed by atoms with Gasteiger partial charge in [0.25, 0.3) is 5.91 Å². The Kier molecular flexibility index (Phi) is 5.12. The summed E-state index contributed by atoms with van der Waals surface area (Å²) in [4.78, 5) is 40.9. The molecule has 1 spiro atoms. The van der Waals surface area contributed by atoms with Crippen molar-refractivity contribution < 1.29 is 24.2 Å². The zero-order chi connectivity index (χ0) is 20.7. The number of carbonyl (C=O) groups is 3. The molecule has 0 bridgehead atoms. The summed E-state index contributed by atoms with van der Waals surface area (Å²) < 4.78 is 5.56. The van der Waals surface area contributed by atoms with Crippen molar-refractivity contribution in [2.75, 3.05) is 18.0 Å². The number of benzene rings is 1. The normalized spacial score (nSPS) is 22.6. The van der Waals surface area contributed by atoms with Crippen molar-refractivity contribution in [1.29, 1.82) is 0 Å². The monoisotopic (exact) mass is 388 g/mol. The second-order valence-corrected chi connectivity index (χ2v) is 8.63. The third-order valence-electron chi connectivity index (χ3n) is 5.51. The Morgan fingerprint density at radius 2 is 1.86 bits per heavy atom. The molecule has 2 aliphatic heterocycles. The topological polar surface area (TPSA) is 87.2 Å². The van der Waals surface area contributed by atoms with Crippen LogP contribution in [0.4, 0.5) is 10.5 Å². The molecule has 1 atom stereocenters. The third kappa shape index (κ3) is 3.57. The van der Waals surface area contributed by atoms with E-state index in [2.05, 4.69) is 0 Å². The second kappa shape index (κ2) is 7.11. The van der Waals surface area contributed by atoms with Crippen molar-refractivity contribution in [3.05, 3.63) is 29.3 Å². The minimum absolute atomic E-state index is 0.154. The molecule has 7 heteroatoms. The van der Waals surface area contributed by atoms with E-state index in [0.717, 1.165) is 12.8 Å². The van der Waals surface area contributed by atoms with E-state index in [0.29, 0.717) is 37.2 Å². The van der Waals surface area contributed by atoms with E-state index in [-0.39, 0.29) is 11.5 Å². The van der Waals surface area contributed by atoms with Crippen molar-refractivity contribution in [3.63, 3.8) is 0 Å². The van der Waals surface area contributed by atoms with E-state index in [1.54, 1.807) is 28.9 Å². The summed E-state index contributed by atoms with van der Waals surface area (Å²) in [5, 5.41) is 9.39. The number of hydrogen-bond donors (Lipinski definition) is 1. The zero-order valence-electron chi connectivity index (χ0n) is 16.9. The fraction of sp³-hybridized carbons (Fsp3) is 0.571. The molecule has 28 heavy (non-hydrogen) atoms. The Morgan fingerprint density at radius 3 is 2.50 bits per heavy atom. The summed E-state index contributed by atoms with van der Waals surface area (Å²) in [7, 11) is 0. The minimum Gasteiger partial charge on any atom is -0.478 e. The smallest absolute Gasteiger partial charge is 0.411 e. The van der Waals surface area contributed by atoms with Crippen molar-refractivity contribution in [3.8, 4) is 0 Å². The van der Waals surface area contributed by atoms with Gasteiger partial charge in [-0.05, 0) is 71.1 Å². The fourth-order valence-corrected chi connectivity index (χ4v) is 4.11. The van der Waals surface area contributed by atoms with Gasteiger partial charge in [-0.1, -0.05) is 6.07 Å². The van der Waals surface area contributed by atoms with Crippen LogP contribution in [0.5, 0.6) is 0 Å². The van der Waals surface area contributed by atoms with Gasteiger partial charge in [0.2, 0.25) is 0 Å². The van der Waals surface area contributed by atoms with Crippen LogP contribution in [0.25, 0.3) is 0 Å². The number of anilines is 1. The van der Waals surface area contributed by atoms with Crippen LogP contribution in [0.1, 0.15) is 62.4 Å². The number of piperidine rings is 1. The lowest BCUT2D eigenvalue weighted by Gasteiger charge is -2.43. The number of hydrogen-bond acceptors (Lipinski definition) is 4. The Labute approximate surface area is 165 Å². The van der Waals surface area contributed by atoms with Crippen LogP contribution in [0.3, 0.4) is 0 Å². The van der Waals surface area contributed by atoms with Gasteiger partial charge in [-0.2, -0.15) is 0 Å². The molecule has 7 nitrogen and oxygen atoms in total. The molecule has 2 amide bonds. The van der Waals surface area contributed by atoms with Crippen molar-refractivity contribution in [2.24, 2.45) is 0 Å². The molecule has 0 aliphatic carbocycles. The van der Waals surface area contributed by atoms with Crippen molar-refractivity contribution in [2.45, 2.75) is 64.5 Å². The van der Waals surface area contributed by atoms with Gasteiger partial charge in [-0.15, -0.1) is 0 Å². The molecule has 2 heterocycles. The van der Waals surface area contributed by atoms with Gasteiger partial charge < -0.3 is 14.7 Å². The van der Waals surface area contributed by atoms with Crippen LogP contribution in [0.2, 0.25) is 0 Å². The molecule has 1 aromatic carbocycles.